The number of rotatable bonds is 3. The van der Waals surface area contributed by atoms with Gasteiger partial charge < -0.3 is 10.0 Å². The third kappa shape index (κ3) is 3.55. The van der Waals surface area contributed by atoms with E-state index in [1.165, 1.54) is 0 Å². The molecule has 2 aromatic rings. The van der Waals surface area contributed by atoms with Gasteiger partial charge >= 0.3 is 0 Å². The van der Waals surface area contributed by atoms with Crippen LogP contribution in [0, 0.1) is 20.8 Å². The molecular weight excluding hydrogens is 374 g/mol. The van der Waals surface area contributed by atoms with Gasteiger partial charge in [0.15, 0.2) is 0 Å². The molecule has 30 heavy (non-hydrogen) atoms. The van der Waals surface area contributed by atoms with Crippen LogP contribution in [0.15, 0.2) is 48.0 Å². The molecule has 4 heteroatoms. The van der Waals surface area contributed by atoms with E-state index in [4.69, 9.17) is 0 Å². The molecule has 1 saturated heterocycles. The Morgan fingerprint density at radius 2 is 1.63 bits per heavy atom. The van der Waals surface area contributed by atoms with Gasteiger partial charge in [0.05, 0.1) is 11.6 Å². The molecule has 1 heterocycles. The Kier molecular flexibility index (Phi) is 5.50. The van der Waals surface area contributed by atoms with Crippen LogP contribution in [0.5, 0.6) is 0 Å². The van der Waals surface area contributed by atoms with E-state index in [2.05, 4.69) is 0 Å². The number of aryl methyl sites for hydroxylation is 3. The normalized spacial score (nSPS) is 22.0. The summed E-state index contributed by atoms with van der Waals surface area (Å²) < 4.78 is 0. The molecule has 1 atom stereocenters. The first-order chi connectivity index (χ1) is 14.4. The van der Waals surface area contributed by atoms with Crippen molar-refractivity contribution in [3.8, 4) is 0 Å². The number of benzene rings is 2. The third-order valence-corrected chi connectivity index (χ3v) is 6.45. The van der Waals surface area contributed by atoms with Crippen molar-refractivity contribution in [2.24, 2.45) is 0 Å². The first kappa shape index (κ1) is 20.4. The predicted octanol–water partition coefficient (Wildman–Crippen LogP) is 5.37. The quantitative estimate of drug-likeness (QED) is 0.426. The molecule has 1 aliphatic carbocycles. The minimum absolute atomic E-state index is 0.0321. The monoisotopic (exact) mass is 403 g/mol. The number of aliphatic hydroxyl groups excluding tert-OH is 1. The number of carbonyl (C=O) groups is 2. The van der Waals surface area contributed by atoms with Crippen molar-refractivity contribution >= 4 is 17.4 Å². The van der Waals surface area contributed by atoms with Crippen LogP contribution in [0.25, 0.3) is 5.76 Å². The zero-order valence-electron chi connectivity index (χ0n) is 17.9. The lowest BCUT2D eigenvalue weighted by atomic mass is 9.90. The van der Waals surface area contributed by atoms with Crippen molar-refractivity contribution < 1.29 is 14.7 Å². The Morgan fingerprint density at radius 3 is 2.33 bits per heavy atom. The summed E-state index contributed by atoms with van der Waals surface area (Å²) in [6, 6.07) is 13.2. The minimum Gasteiger partial charge on any atom is -0.507 e. The summed E-state index contributed by atoms with van der Waals surface area (Å²) in [7, 11) is 0. The fourth-order valence-corrected chi connectivity index (χ4v) is 4.89. The maximum atomic E-state index is 13.2. The highest BCUT2D eigenvalue weighted by Gasteiger charge is 2.48. The Balaban J connectivity index is 1.92. The van der Waals surface area contributed by atoms with Gasteiger partial charge in [0, 0.05) is 11.6 Å². The second-order valence-corrected chi connectivity index (χ2v) is 8.73. The molecule has 2 fully saturated rings. The SMILES string of the molecule is Cc1cccc(C2/C(=C(\O)c3cc(C)ccc3C)C(=O)C(=O)N2C2CCCCC2)c1. The topological polar surface area (TPSA) is 57.6 Å². The molecule has 1 unspecified atom stereocenters. The Bertz CT molecular complexity index is 1030. The van der Waals surface area contributed by atoms with Crippen LogP contribution in [-0.2, 0) is 9.59 Å². The van der Waals surface area contributed by atoms with Crippen molar-refractivity contribution in [2.75, 3.05) is 0 Å². The zero-order chi connectivity index (χ0) is 21.4. The van der Waals surface area contributed by atoms with Crippen molar-refractivity contribution in [3.05, 3.63) is 75.9 Å². The van der Waals surface area contributed by atoms with E-state index in [9.17, 15) is 14.7 Å². The number of aliphatic hydroxyl groups is 1. The summed E-state index contributed by atoms with van der Waals surface area (Å²) in [5, 5.41) is 11.3. The average Bonchev–Trinajstić information content (AvgIpc) is 3.01. The second-order valence-electron chi connectivity index (χ2n) is 8.73. The van der Waals surface area contributed by atoms with Gasteiger partial charge in [-0.3, -0.25) is 9.59 Å². The second kappa shape index (κ2) is 8.10. The van der Waals surface area contributed by atoms with Gasteiger partial charge in [-0.25, -0.2) is 0 Å². The standard InChI is InChI=1S/C26H29NO3/c1-16-8-7-9-19(14-16)23-22(24(28)21-15-17(2)12-13-18(21)3)25(29)26(30)27(23)20-10-5-4-6-11-20/h7-9,12-15,20,23,28H,4-6,10-11H2,1-3H3/b24-22+. The number of Topliss-reactive ketones (excluding diaryl/α,β-unsaturated/α-hetero) is 1. The van der Waals surface area contributed by atoms with Crippen molar-refractivity contribution in [2.45, 2.75) is 65.0 Å². The van der Waals surface area contributed by atoms with Crippen LogP contribution < -0.4 is 0 Å². The van der Waals surface area contributed by atoms with Gasteiger partial charge in [0.1, 0.15) is 5.76 Å². The highest BCUT2D eigenvalue weighted by atomic mass is 16.3. The molecule has 2 aromatic carbocycles. The molecule has 1 saturated carbocycles. The molecule has 0 spiro atoms. The van der Waals surface area contributed by atoms with Gasteiger partial charge in [0.2, 0.25) is 0 Å². The molecule has 4 nitrogen and oxygen atoms in total. The maximum Gasteiger partial charge on any atom is 0.295 e. The van der Waals surface area contributed by atoms with Crippen LogP contribution in [0.4, 0.5) is 0 Å². The van der Waals surface area contributed by atoms with E-state index in [-0.39, 0.29) is 17.4 Å². The first-order valence-corrected chi connectivity index (χ1v) is 10.8. The molecule has 2 aliphatic rings. The summed E-state index contributed by atoms with van der Waals surface area (Å²) >= 11 is 0. The Morgan fingerprint density at radius 1 is 0.933 bits per heavy atom. The van der Waals surface area contributed by atoms with E-state index in [0.29, 0.717) is 5.56 Å². The van der Waals surface area contributed by atoms with Gasteiger partial charge in [-0.2, -0.15) is 0 Å². The molecule has 156 valence electrons. The number of hydrogen-bond acceptors (Lipinski definition) is 3. The number of carbonyl (C=O) groups excluding carboxylic acids is 2. The molecule has 1 N–H and O–H groups in total. The lowest BCUT2D eigenvalue weighted by Gasteiger charge is -2.35. The van der Waals surface area contributed by atoms with Gasteiger partial charge in [0.25, 0.3) is 11.7 Å². The van der Waals surface area contributed by atoms with E-state index in [1.807, 2.05) is 63.2 Å². The summed E-state index contributed by atoms with van der Waals surface area (Å²) in [6.45, 7) is 5.86. The number of ketones is 1. The van der Waals surface area contributed by atoms with Gasteiger partial charge in [-0.1, -0.05) is 66.8 Å². The number of hydrogen-bond donors (Lipinski definition) is 1. The molecular formula is C26H29NO3. The number of amides is 1. The minimum atomic E-state index is -0.578. The number of likely N-dealkylation sites (tertiary alicyclic amines) is 1. The van der Waals surface area contributed by atoms with Gasteiger partial charge in [-0.15, -0.1) is 0 Å². The number of nitrogens with zero attached hydrogens (tertiary/aromatic N) is 1. The van der Waals surface area contributed by atoms with Crippen molar-refractivity contribution in [3.63, 3.8) is 0 Å². The van der Waals surface area contributed by atoms with Crippen LogP contribution in [0.1, 0.15) is 66.0 Å². The van der Waals surface area contributed by atoms with E-state index in [1.54, 1.807) is 4.90 Å². The van der Waals surface area contributed by atoms with E-state index in [0.717, 1.165) is 54.4 Å². The first-order valence-electron chi connectivity index (χ1n) is 10.8. The summed E-state index contributed by atoms with van der Waals surface area (Å²) in [6.07, 6.45) is 5.09. The fourth-order valence-electron chi connectivity index (χ4n) is 4.89. The summed E-state index contributed by atoms with van der Waals surface area (Å²) in [5.41, 5.74) is 4.65. The highest BCUT2D eigenvalue weighted by molar-refractivity contribution is 6.46. The van der Waals surface area contributed by atoms with Crippen molar-refractivity contribution in [1.29, 1.82) is 0 Å². The maximum absolute atomic E-state index is 13.2. The Labute approximate surface area is 178 Å². The lowest BCUT2D eigenvalue weighted by Crippen LogP contribution is -2.40. The molecule has 4 rings (SSSR count). The van der Waals surface area contributed by atoms with E-state index < -0.39 is 17.7 Å². The van der Waals surface area contributed by atoms with Gasteiger partial charge in [-0.05, 0) is 50.8 Å². The average molecular weight is 404 g/mol. The molecule has 1 aliphatic heterocycles. The fraction of sp³-hybridized carbons (Fsp3) is 0.385. The summed E-state index contributed by atoms with van der Waals surface area (Å²) in [4.78, 5) is 28.2. The largest absolute Gasteiger partial charge is 0.507 e. The molecule has 1 amide bonds. The van der Waals surface area contributed by atoms with Crippen molar-refractivity contribution in [1.82, 2.24) is 4.90 Å². The molecule has 0 aromatic heterocycles. The van der Waals surface area contributed by atoms with Crippen LogP contribution in [0.2, 0.25) is 0 Å². The molecule has 0 bridgehead atoms. The summed E-state index contributed by atoms with van der Waals surface area (Å²) in [5.74, 6) is -1.13. The van der Waals surface area contributed by atoms with Crippen LogP contribution >= 0.6 is 0 Å². The Hall–Kier alpha value is -2.88. The molecule has 0 radical (unpaired) electrons. The third-order valence-electron chi connectivity index (χ3n) is 6.45. The highest BCUT2D eigenvalue weighted by Crippen LogP contribution is 2.43. The smallest absolute Gasteiger partial charge is 0.295 e. The van der Waals surface area contributed by atoms with E-state index >= 15 is 0 Å². The van der Waals surface area contributed by atoms with Crippen LogP contribution in [0.3, 0.4) is 0 Å². The van der Waals surface area contributed by atoms with Crippen LogP contribution in [-0.4, -0.2) is 27.7 Å². The lowest BCUT2D eigenvalue weighted by molar-refractivity contribution is -0.141. The zero-order valence-corrected chi connectivity index (χ0v) is 17.9. The predicted molar refractivity (Wildman–Crippen MR) is 118 cm³/mol.